The highest BCUT2D eigenvalue weighted by atomic mass is 32.1. The average molecular weight is 224 g/mol. The normalized spacial score (nSPS) is 12.1. The highest BCUT2D eigenvalue weighted by molar-refractivity contribution is 7.11. The maximum absolute atomic E-state index is 12.4. The molecule has 0 atom stereocenters. The third-order valence-corrected chi connectivity index (χ3v) is 2.85. The summed E-state index contributed by atoms with van der Waals surface area (Å²) in [6.45, 7) is 2.01. The number of hydrogen-bond donors (Lipinski definition) is 1. The zero-order valence-electron chi connectivity index (χ0n) is 7.90. The molecule has 0 amide bonds. The summed E-state index contributed by atoms with van der Waals surface area (Å²) in [4.78, 5) is 3.83. The maximum atomic E-state index is 12.4. The van der Waals surface area contributed by atoms with Gasteiger partial charge in [0.1, 0.15) is 0 Å². The van der Waals surface area contributed by atoms with Gasteiger partial charge in [0.25, 0.3) is 0 Å². The van der Waals surface area contributed by atoms with Crippen molar-refractivity contribution in [1.82, 2.24) is 10.3 Å². The van der Waals surface area contributed by atoms with Crippen molar-refractivity contribution in [3.63, 3.8) is 0 Å². The Hall–Kier alpha value is -0.620. The van der Waals surface area contributed by atoms with Crippen molar-refractivity contribution in [3.8, 4) is 0 Å². The van der Waals surface area contributed by atoms with Crippen molar-refractivity contribution in [3.05, 3.63) is 15.6 Å². The van der Waals surface area contributed by atoms with Crippen LogP contribution in [0.4, 0.5) is 13.2 Å². The van der Waals surface area contributed by atoms with E-state index in [1.54, 1.807) is 14.0 Å². The van der Waals surface area contributed by atoms with E-state index in [4.69, 9.17) is 0 Å². The number of nitrogens with one attached hydrogen (secondary N) is 1. The van der Waals surface area contributed by atoms with Gasteiger partial charge in [-0.3, -0.25) is 0 Å². The molecule has 1 heterocycles. The first kappa shape index (κ1) is 11.5. The van der Waals surface area contributed by atoms with Crippen molar-refractivity contribution < 1.29 is 13.2 Å². The van der Waals surface area contributed by atoms with Gasteiger partial charge < -0.3 is 5.32 Å². The molecule has 0 aliphatic heterocycles. The fourth-order valence-electron chi connectivity index (χ4n) is 1.05. The number of aryl methyl sites for hydroxylation is 1. The van der Waals surface area contributed by atoms with Gasteiger partial charge in [-0.15, -0.1) is 11.3 Å². The second kappa shape index (κ2) is 4.27. The molecular formula is C8H11F3N2S. The summed E-state index contributed by atoms with van der Waals surface area (Å²) in [5.74, 6) is 0. The van der Waals surface area contributed by atoms with Crippen LogP contribution in [0.15, 0.2) is 0 Å². The van der Waals surface area contributed by atoms with Crippen LogP contribution in [0.2, 0.25) is 0 Å². The molecule has 1 rings (SSSR count). The summed E-state index contributed by atoms with van der Waals surface area (Å²) in [6, 6.07) is 0. The van der Waals surface area contributed by atoms with E-state index < -0.39 is 11.9 Å². The number of halogens is 3. The molecule has 0 radical (unpaired) electrons. The Kier molecular flexibility index (Phi) is 3.49. The van der Waals surface area contributed by atoms with Crippen LogP contribution in [-0.2, 0) is 19.1 Å². The van der Waals surface area contributed by atoms with Gasteiger partial charge >= 0.3 is 6.18 Å². The molecule has 6 heteroatoms. The van der Waals surface area contributed by atoms with Gasteiger partial charge in [-0.05, 0) is 13.5 Å². The number of thiazole rings is 1. The van der Waals surface area contributed by atoms with Crippen LogP contribution in [0.5, 0.6) is 0 Å². The van der Waals surface area contributed by atoms with E-state index in [2.05, 4.69) is 10.3 Å². The quantitative estimate of drug-likeness (QED) is 0.853. The minimum absolute atomic E-state index is 0.215. The molecule has 0 aliphatic rings. The highest BCUT2D eigenvalue weighted by Gasteiger charge is 2.36. The number of alkyl halides is 3. The van der Waals surface area contributed by atoms with Gasteiger partial charge in [-0.25, -0.2) is 4.98 Å². The first-order valence-electron chi connectivity index (χ1n) is 4.19. The smallest absolute Gasteiger partial charge is 0.315 e. The second-order valence-corrected chi connectivity index (χ2v) is 3.93. The largest absolute Gasteiger partial charge is 0.434 e. The summed E-state index contributed by atoms with van der Waals surface area (Å²) in [7, 11) is 1.62. The Labute approximate surface area is 84.2 Å². The molecule has 0 aromatic carbocycles. The van der Waals surface area contributed by atoms with E-state index >= 15 is 0 Å². The molecule has 0 unspecified atom stereocenters. The first-order valence-corrected chi connectivity index (χ1v) is 5.01. The van der Waals surface area contributed by atoms with Crippen molar-refractivity contribution in [2.75, 3.05) is 7.05 Å². The number of nitrogens with zero attached hydrogens (tertiary/aromatic N) is 1. The fourth-order valence-corrected chi connectivity index (χ4v) is 2.09. The summed E-state index contributed by atoms with van der Waals surface area (Å²) in [6.07, 6.45) is -3.80. The Bertz CT molecular complexity index is 306. The van der Waals surface area contributed by atoms with E-state index in [-0.39, 0.29) is 11.4 Å². The number of rotatable bonds is 3. The maximum Gasteiger partial charge on any atom is 0.434 e. The van der Waals surface area contributed by atoms with Crippen LogP contribution >= 0.6 is 11.3 Å². The van der Waals surface area contributed by atoms with Crippen LogP contribution in [0.1, 0.15) is 22.5 Å². The predicted octanol–water partition coefficient (Wildman–Crippen LogP) is 2.44. The zero-order valence-corrected chi connectivity index (χ0v) is 8.72. The lowest BCUT2D eigenvalue weighted by Crippen LogP contribution is -2.12. The Balaban J connectivity index is 3.06. The summed E-state index contributed by atoms with van der Waals surface area (Å²) in [5, 5.41) is 3.23. The van der Waals surface area contributed by atoms with E-state index in [9.17, 15) is 13.2 Å². The summed E-state index contributed by atoms with van der Waals surface area (Å²) in [5.41, 5.74) is -0.742. The van der Waals surface area contributed by atoms with Gasteiger partial charge in [0.15, 0.2) is 5.69 Å². The molecule has 0 saturated carbocycles. The molecule has 2 nitrogen and oxygen atoms in total. The second-order valence-electron chi connectivity index (χ2n) is 2.76. The molecule has 1 aromatic heterocycles. The van der Waals surface area contributed by atoms with E-state index in [0.29, 0.717) is 11.4 Å². The number of aromatic nitrogens is 1. The van der Waals surface area contributed by atoms with Gasteiger partial charge in [-0.1, -0.05) is 6.92 Å². The lowest BCUT2D eigenvalue weighted by Gasteiger charge is -2.04. The molecule has 80 valence electrons. The molecule has 0 bridgehead atoms. The lowest BCUT2D eigenvalue weighted by molar-refractivity contribution is -0.141. The lowest BCUT2D eigenvalue weighted by atomic mass is 10.3. The van der Waals surface area contributed by atoms with Crippen molar-refractivity contribution in [2.45, 2.75) is 26.1 Å². The van der Waals surface area contributed by atoms with Gasteiger partial charge in [0.2, 0.25) is 0 Å². The van der Waals surface area contributed by atoms with E-state index in [1.165, 1.54) is 0 Å². The van der Waals surface area contributed by atoms with E-state index in [0.717, 1.165) is 11.3 Å². The zero-order chi connectivity index (χ0) is 10.8. The number of hydrogen-bond acceptors (Lipinski definition) is 3. The molecule has 0 saturated heterocycles. The highest BCUT2D eigenvalue weighted by Crippen LogP contribution is 2.34. The minimum atomic E-state index is -4.34. The van der Waals surface area contributed by atoms with Crippen LogP contribution in [0.25, 0.3) is 0 Å². The molecule has 14 heavy (non-hydrogen) atoms. The van der Waals surface area contributed by atoms with Crippen LogP contribution in [0, 0.1) is 0 Å². The van der Waals surface area contributed by atoms with Crippen molar-refractivity contribution in [1.29, 1.82) is 0 Å². The molecule has 0 spiro atoms. The Morgan fingerprint density at radius 2 is 2.07 bits per heavy atom. The topological polar surface area (TPSA) is 24.9 Å². The average Bonchev–Trinajstić information content (AvgIpc) is 2.48. The molecule has 1 N–H and O–H groups in total. The Morgan fingerprint density at radius 3 is 2.50 bits per heavy atom. The first-order chi connectivity index (χ1) is 6.49. The van der Waals surface area contributed by atoms with Gasteiger partial charge in [-0.2, -0.15) is 13.2 Å². The Morgan fingerprint density at radius 1 is 1.43 bits per heavy atom. The molecule has 0 aliphatic carbocycles. The third-order valence-electron chi connectivity index (χ3n) is 1.65. The van der Waals surface area contributed by atoms with Crippen LogP contribution in [-0.4, -0.2) is 12.0 Å². The standard InChI is InChI=1S/C8H11F3N2S/c1-3-6-13-7(8(9,10)11)5(14-6)4-12-2/h12H,3-4H2,1-2H3. The van der Waals surface area contributed by atoms with Crippen LogP contribution < -0.4 is 5.32 Å². The molecular weight excluding hydrogens is 213 g/mol. The fraction of sp³-hybridized carbons (Fsp3) is 0.625. The third kappa shape index (κ3) is 2.45. The van der Waals surface area contributed by atoms with Crippen molar-refractivity contribution in [2.24, 2.45) is 0 Å². The summed E-state index contributed by atoms with van der Waals surface area (Å²) < 4.78 is 37.3. The molecule has 1 aromatic rings. The van der Waals surface area contributed by atoms with Gasteiger partial charge in [0, 0.05) is 6.54 Å². The van der Waals surface area contributed by atoms with E-state index in [1.807, 2.05) is 0 Å². The summed E-state index contributed by atoms with van der Waals surface area (Å²) >= 11 is 1.12. The van der Waals surface area contributed by atoms with Crippen molar-refractivity contribution >= 4 is 11.3 Å². The monoisotopic (exact) mass is 224 g/mol. The van der Waals surface area contributed by atoms with Gasteiger partial charge in [0.05, 0.1) is 9.88 Å². The SMILES string of the molecule is CCc1nc(C(F)(F)F)c(CNC)s1. The predicted molar refractivity (Wildman–Crippen MR) is 49.3 cm³/mol. The molecule has 0 fully saturated rings. The van der Waals surface area contributed by atoms with Crippen LogP contribution in [0.3, 0.4) is 0 Å². The minimum Gasteiger partial charge on any atom is -0.315 e.